The Morgan fingerprint density at radius 3 is 2.59 bits per heavy atom. The van der Waals surface area contributed by atoms with E-state index in [0.29, 0.717) is 29.4 Å². The SMILES string of the molecule is COc1ccc(C(=O)N2CCCC2C(=O)Nc2nnc(-c3ccccc3)s2)cc1. The first kappa shape index (κ1) is 19.1. The molecular weight excluding hydrogens is 388 g/mol. The molecule has 0 spiro atoms. The number of amides is 2. The van der Waals surface area contributed by atoms with E-state index in [2.05, 4.69) is 15.5 Å². The standard InChI is InChI=1S/C21H20N4O3S/c1-28-16-11-9-15(10-12-16)20(27)25-13-5-8-17(25)18(26)22-21-24-23-19(29-21)14-6-3-2-4-7-14/h2-4,6-7,9-12,17H,5,8,13H2,1H3,(H,22,24,26). The van der Waals surface area contributed by atoms with Gasteiger partial charge in [-0.2, -0.15) is 0 Å². The molecule has 2 heterocycles. The van der Waals surface area contributed by atoms with Crippen LogP contribution in [0.25, 0.3) is 10.6 Å². The highest BCUT2D eigenvalue weighted by Crippen LogP contribution is 2.27. The van der Waals surface area contributed by atoms with Crippen LogP contribution in [-0.2, 0) is 4.79 Å². The average Bonchev–Trinajstić information content (AvgIpc) is 3.44. The largest absolute Gasteiger partial charge is 0.497 e. The van der Waals surface area contributed by atoms with Crippen molar-refractivity contribution in [3.05, 3.63) is 60.2 Å². The number of hydrogen-bond donors (Lipinski definition) is 1. The normalized spacial score (nSPS) is 15.9. The first-order chi connectivity index (χ1) is 14.2. The predicted molar refractivity (Wildman–Crippen MR) is 111 cm³/mol. The number of nitrogens with one attached hydrogen (secondary N) is 1. The molecule has 1 aliphatic rings. The highest BCUT2D eigenvalue weighted by molar-refractivity contribution is 7.18. The molecule has 1 fully saturated rings. The second-order valence-electron chi connectivity index (χ2n) is 6.65. The molecule has 0 bridgehead atoms. The van der Waals surface area contributed by atoms with E-state index in [9.17, 15) is 9.59 Å². The molecule has 1 unspecified atom stereocenters. The van der Waals surface area contributed by atoms with Gasteiger partial charge in [-0.1, -0.05) is 41.7 Å². The van der Waals surface area contributed by atoms with Crippen LogP contribution in [0, 0.1) is 0 Å². The molecule has 1 saturated heterocycles. The fourth-order valence-electron chi connectivity index (χ4n) is 3.34. The van der Waals surface area contributed by atoms with E-state index in [1.807, 2.05) is 30.3 Å². The van der Waals surface area contributed by atoms with E-state index >= 15 is 0 Å². The van der Waals surface area contributed by atoms with Gasteiger partial charge < -0.3 is 9.64 Å². The van der Waals surface area contributed by atoms with E-state index in [4.69, 9.17) is 4.74 Å². The minimum atomic E-state index is -0.520. The van der Waals surface area contributed by atoms with Gasteiger partial charge in [0.25, 0.3) is 5.91 Å². The number of likely N-dealkylation sites (tertiary alicyclic amines) is 1. The number of benzene rings is 2. The second kappa shape index (κ2) is 8.40. The van der Waals surface area contributed by atoms with Crippen molar-refractivity contribution < 1.29 is 14.3 Å². The van der Waals surface area contributed by atoms with E-state index < -0.39 is 6.04 Å². The van der Waals surface area contributed by atoms with Crippen molar-refractivity contribution in [2.45, 2.75) is 18.9 Å². The van der Waals surface area contributed by atoms with Crippen LogP contribution in [0.4, 0.5) is 5.13 Å². The third-order valence-electron chi connectivity index (χ3n) is 4.83. The van der Waals surface area contributed by atoms with Gasteiger partial charge in [-0.05, 0) is 37.1 Å². The van der Waals surface area contributed by atoms with Gasteiger partial charge in [0, 0.05) is 17.7 Å². The Labute approximate surface area is 172 Å². The van der Waals surface area contributed by atoms with Crippen molar-refractivity contribution in [2.24, 2.45) is 0 Å². The van der Waals surface area contributed by atoms with Crippen LogP contribution in [0.2, 0.25) is 0 Å². The summed E-state index contributed by atoms with van der Waals surface area (Å²) >= 11 is 1.31. The molecule has 1 aliphatic heterocycles. The summed E-state index contributed by atoms with van der Waals surface area (Å²) in [5.74, 6) is 0.287. The topological polar surface area (TPSA) is 84.4 Å². The van der Waals surface area contributed by atoms with E-state index in [1.54, 1.807) is 36.3 Å². The molecule has 1 aromatic heterocycles. The first-order valence-electron chi connectivity index (χ1n) is 9.30. The number of methoxy groups -OCH3 is 1. The van der Waals surface area contributed by atoms with Crippen molar-refractivity contribution in [2.75, 3.05) is 19.0 Å². The minimum Gasteiger partial charge on any atom is -0.497 e. The maximum atomic E-state index is 12.9. The number of nitrogens with zero attached hydrogens (tertiary/aromatic N) is 3. The number of carbonyl (C=O) groups excluding carboxylic acids is 2. The van der Waals surface area contributed by atoms with Gasteiger partial charge >= 0.3 is 0 Å². The van der Waals surface area contributed by atoms with Crippen molar-refractivity contribution in [1.82, 2.24) is 15.1 Å². The highest BCUT2D eigenvalue weighted by Gasteiger charge is 2.35. The Morgan fingerprint density at radius 1 is 1.10 bits per heavy atom. The number of hydrogen-bond acceptors (Lipinski definition) is 6. The first-order valence-corrected chi connectivity index (χ1v) is 10.1. The zero-order valence-electron chi connectivity index (χ0n) is 15.9. The Balaban J connectivity index is 1.45. The van der Waals surface area contributed by atoms with E-state index in [1.165, 1.54) is 11.3 Å². The lowest BCUT2D eigenvalue weighted by Gasteiger charge is -2.23. The molecule has 4 rings (SSSR count). The molecule has 29 heavy (non-hydrogen) atoms. The zero-order valence-corrected chi connectivity index (χ0v) is 16.7. The van der Waals surface area contributed by atoms with Gasteiger partial charge in [0.05, 0.1) is 7.11 Å². The van der Waals surface area contributed by atoms with Gasteiger partial charge in [0.15, 0.2) is 0 Å². The molecule has 1 atom stereocenters. The Hall–Kier alpha value is -3.26. The van der Waals surface area contributed by atoms with Crippen LogP contribution in [0.3, 0.4) is 0 Å². The molecule has 8 heteroatoms. The quantitative estimate of drug-likeness (QED) is 0.699. The summed E-state index contributed by atoms with van der Waals surface area (Å²) in [6, 6.07) is 16.1. The van der Waals surface area contributed by atoms with Crippen LogP contribution >= 0.6 is 11.3 Å². The van der Waals surface area contributed by atoms with Crippen molar-refractivity contribution in [3.8, 4) is 16.3 Å². The second-order valence-corrected chi connectivity index (χ2v) is 7.63. The van der Waals surface area contributed by atoms with Crippen molar-refractivity contribution >= 4 is 28.3 Å². The molecule has 2 amide bonds. The van der Waals surface area contributed by atoms with Crippen LogP contribution in [0.5, 0.6) is 5.75 Å². The van der Waals surface area contributed by atoms with Gasteiger partial charge in [-0.3, -0.25) is 14.9 Å². The Bertz CT molecular complexity index is 1000. The fourth-order valence-corrected chi connectivity index (χ4v) is 4.09. The number of rotatable bonds is 5. The summed E-state index contributed by atoms with van der Waals surface area (Å²) in [5, 5.41) is 12.2. The van der Waals surface area contributed by atoms with Crippen LogP contribution < -0.4 is 10.1 Å². The van der Waals surface area contributed by atoms with Gasteiger partial charge in [-0.25, -0.2) is 0 Å². The highest BCUT2D eigenvalue weighted by atomic mass is 32.1. The van der Waals surface area contributed by atoms with Crippen molar-refractivity contribution in [1.29, 1.82) is 0 Å². The van der Waals surface area contributed by atoms with Crippen molar-refractivity contribution in [3.63, 3.8) is 0 Å². The molecule has 7 nitrogen and oxygen atoms in total. The fraction of sp³-hybridized carbons (Fsp3) is 0.238. The van der Waals surface area contributed by atoms with E-state index in [0.717, 1.165) is 17.0 Å². The maximum Gasteiger partial charge on any atom is 0.254 e. The molecule has 148 valence electrons. The lowest BCUT2D eigenvalue weighted by Crippen LogP contribution is -2.43. The summed E-state index contributed by atoms with van der Waals surface area (Å²) in [6.07, 6.45) is 1.41. The molecule has 1 N–H and O–H groups in total. The predicted octanol–water partition coefficient (Wildman–Crippen LogP) is 3.46. The summed E-state index contributed by atoms with van der Waals surface area (Å²) in [7, 11) is 1.58. The summed E-state index contributed by atoms with van der Waals surface area (Å²) in [4.78, 5) is 27.3. The minimum absolute atomic E-state index is 0.160. The lowest BCUT2D eigenvalue weighted by atomic mass is 10.1. The summed E-state index contributed by atoms with van der Waals surface area (Å²) in [6.45, 7) is 0.550. The van der Waals surface area contributed by atoms with E-state index in [-0.39, 0.29) is 11.8 Å². The van der Waals surface area contributed by atoms with Crippen LogP contribution in [0.15, 0.2) is 54.6 Å². The lowest BCUT2D eigenvalue weighted by molar-refractivity contribution is -0.119. The van der Waals surface area contributed by atoms with Crippen LogP contribution in [0.1, 0.15) is 23.2 Å². The Morgan fingerprint density at radius 2 is 1.86 bits per heavy atom. The summed E-state index contributed by atoms with van der Waals surface area (Å²) in [5.41, 5.74) is 1.48. The number of carbonyl (C=O) groups is 2. The smallest absolute Gasteiger partial charge is 0.254 e. The number of aromatic nitrogens is 2. The molecule has 2 aromatic carbocycles. The maximum absolute atomic E-state index is 12.9. The zero-order chi connectivity index (χ0) is 20.2. The molecule has 0 radical (unpaired) electrons. The average molecular weight is 408 g/mol. The molecular formula is C21H20N4O3S. The third-order valence-corrected chi connectivity index (χ3v) is 5.72. The number of anilines is 1. The molecule has 0 aliphatic carbocycles. The molecule has 0 saturated carbocycles. The van der Waals surface area contributed by atoms with Crippen LogP contribution in [-0.4, -0.2) is 46.6 Å². The van der Waals surface area contributed by atoms with Gasteiger partial charge in [-0.15, -0.1) is 10.2 Å². The van der Waals surface area contributed by atoms with Gasteiger partial charge in [0.2, 0.25) is 11.0 Å². The molecule has 3 aromatic rings. The monoisotopic (exact) mass is 408 g/mol. The Kier molecular flexibility index (Phi) is 5.53. The summed E-state index contributed by atoms with van der Waals surface area (Å²) < 4.78 is 5.13. The van der Waals surface area contributed by atoms with Gasteiger partial charge in [0.1, 0.15) is 16.8 Å². The third kappa shape index (κ3) is 4.12. The number of ether oxygens (including phenoxy) is 1.